The Morgan fingerprint density at radius 2 is 1.65 bits per heavy atom. The highest BCUT2D eigenvalue weighted by Gasteiger charge is 2.29. The van der Waals surface area contributed by atoms with E-state index in [1.54, 1.807) is 0 Å². The highest BCUT2D eigenvalue weighted by atomic mass is 19.4. The molecule has 0 radical (unpaired) electrons. The molecule has 8 heteroatoms. The van der Waals surface area contributed by atoms with Crippen LogP contribution in [0, 0.1) is 0 Å². The summed E-state index contributed by atoms with van der Waals surface area (Å²) >= 11 is 0. The van der Waals surface area contributed by atoms with Gasteiger partial charge in [0.1, 0.15) is 0 Å². The third kappa shape index (κ3) is 3.47. The topological polar surface area (TPSA) is 55.6 Å². The molecule has 0 spiro atoms. The molecule has 0 bridgehead atoms. The molecule has 1 heterocycles. The summed E-state index contributed by atoms with van der Waals surface area (Å²) in [7, 11) is 0. The summed E-state index contributed by atoms with van der Waals surface area (Å²) in [6.45, 7) is 0.311. The van der Waals surface area contributed by atoms with Gasteiger partial charge >= 0.3 is 6.18 Å². The first-order valence-electron chi connectivity index (χ1n) is 6.78. The number of anilines is 1. The number of tetrazole rings is 1. The zero-order valence-electron chi connectivity index (χ0n) is 11.8. The van der Waals surface area contributed by atoms with Crippen LogP contribution in [0.1, 0.15) is 11.1 Å². The van der Waals surface area contributed by atoms with E-state index in [2.05, 4.69) is 20.8 Å². The summed E-state index contributed by atoms with van der Waals surface area (Å²) in [6.07, 6.45) is -4.33. The van der Waals surface area contributed by atoms with E-state index in [4.69, 9.17) is 0 Å². The quantitative estimate of drug-likeness (QED) is 0.802. The Balaban J connectivity index is 1.71. The summed E-state index contributed by atoms with van der Waals surface area (Å²) in [4.78, 5) is 0. The van der Waals surface area contributed by atoms with Crippen LogP contribution in [0.2, 0.25) is 0 Å². The maximum Gasteiger partial charge on any atom is 0.416 e. The van der Waals surface area contributed by atoms with Gasteiger partial charge in [-0.1, -0.05) is 35.4 Å². The molecular formula is C15H12F3N5. The van der Waals surface area contributed by atoms with E-state index in [9.17, 15) is 13.2 Å². The normalized spacial score (nSPS) is 11.4. The smallest absolute Gasteiger partial charge is 0.349 e. The van der Waals surface area contributed by atoms with Crippen molar-refractivity contribution in [3.63, 3.8) is 0 Å². The number of benzene rings is 2. The lowest BCUT2D eigenvalue weighted by molar-refractivity contribution is -0.137. The molecule has 2 aromatic carbocycles. The van der Waals surface area contributed by atoms with Gasteiger partial charge in [0.25, 0.3) is 0 Å². The molecule has 1 aromatic heterocycles. The van der Waals surface area contributed by atoms with Crippen LogP contribution in [0.4, 0.5) is 19.1 Å². The van der Waals surface area contributed by atoms with Crippen LogP contribution >= 0.6 is 0 Å². The van der Waals surface area contributed by atoms with Crippen molar-refractivity contribution in [2.45, 2.75) is 12.7 Å². The average Bonchev–Trinajstić information content (AvgIpc) is 3.02. The van der Waals surface area contributed by atoms with Crippen LogP contribution in [0.3, 0.4) is 0 Å². The van der Waals surface area contributed by atoms with Crippen LogP contribution in [-0.4, -0.2) is 20.2 Å². The maximum atomic E-state index is 12.5. The fourth-order valence-corrected chi connectivity index (χ4v) is 2.03. The second-order valence-corrected chi connectivity index (χ2v) is 4.80. The lowest BCUT2D eigenvalue weighted by Gasteiger charge is -2.09. The van der Waals surface area contributed by atoms with Crippen LogP contribution < -0.4 is 5.32 Å². The highest BCUT2D eigenvalue weighted by Crippen LogP contribution is 2.29. The molecule has 3 rings (SSSR count). The number of para-hydroxylation sites is 1. The predicted octanol–water partition coefficient (Wildman–Crippen LogP) is 3.29. The molecule has 118 valence electrons. The van der Waals surface area contributed by atoms with Crippen molar-refractivity contribution in [1.29, 1.82) is 0 Å². The zero-order valence-corrected chi connectivity index (χ0v) is 11.8. The number of hydrogen-bond acceptors (Lipinski definition) is 4. The van der Waals surface area contributed by atoms with Gasteiger partial charge in [-0.25, -0.2) is 0 Å². The van der Waals surface area contributed by atoms with Gasteiger partial charge in [0.15, 0.2) is 0 Å². The number of rotatable bonds is 4. The Hall–Kier alpha value is -2.90. The molecule has 0 aliphatic carbocycles. The molecule has 1 N–H and O–H groups in total. The Morgan fingerprint density at radius 3 is 2.30 bits per heavy atom. The molecule has 0 amide bonds. The average molecular weight is 319 g/mol. The fraction of sp³-hybridized carbons (Fsp3) is 0.133. The molecule has 0 atom stereocenters. The van der Waals surface area contributed by atoms with Crippen LogP contribution in [0.15, 0.2) is 54.6 Å². The van der Waals surface area contributed by atoms with Gasteiger partial charge in [-0.15, -0.1) is 0 Å². The minimum Gasteiger partial charge on any atom is -0.349 e. The van der Waals surface area contributed by atoms with Crippen molar-refractivity contribution in [2.75, 3.05) is 5.32 Å². The van der Waals surface area contributed by atoms with Gasteiger partial charge in [0.05, 0.1) is 11.3 Å². The van der Waals surface area contributed by atoms with Gasteiger partial charge in [-0.3, -0.25) is 0 Å². The largest absolute Gasteiger partial charge is 0.416 e. The summed E-state index contributed by atoms with van der Waals surface area (Å²) in [5.74, 6) is 0.413. The van der Waals surface area contributed by atoms with Crippen molar-refractivity contribution in [3.05, 3.63) is 65.7 Å². The molecule has 5 nitrogen and oxygen atoms in total. The Bertz CT molecular complexity index is 766. The number of alkyl halides is 3. The Labute approximate surface area is 129 Å². The molecule has 23 heavy (non-hydrogen) atoms. The second-order valence-electron chi connectivity index (χ2n) is 4.80. The van der Waals surface area contributed by atoms with E-state index < -0.39 is 11.7 Å². The van der Waals surface area contributed by atoms with E-state index in [1.165, 1.54) is 16.8 Å². The first-order valence-corrected chi connectivity index (χ1v) is 6.78. The van der Waals surface area contributed by atoms with Crippen molar-refractivity contribution in [2.24, 2.45) is 0 Å². The highest BCUT2D eigenvalue weighted by molar-refractivity contribution is 5.39. The van der Waals surface area contributed by atoms with Crippen molar-refractivity contribution in [1.82, 2.24) is 20.2 Å². The first-order chi connectivity index (χ1) is 11.0. The number of aromatic nitrogens is 4. The Morgan fingerprint density at radius 1 is 0.957 bits per heavy atom. The van der Waals surface area contributed by atoms with E-state index in [1.807, 2.05) is 30.3 Å². The van der Waals surface area contributed by atoms with Gasteiger partial charge in [-0.2, -0.15) is 17.9 Å². The Kier molecular flexibility index (Phi) is 3.96. The number of halogens is 3. The van der Waals surface area contributed by atoms with Gasteiger partial charge in [0, 0.05) is 6.54 Å². The lowest BCUT2D eigenvalue weighted by atomic mass is 10.1. The van der Waals surface area contributed by atoms with Crippen molar-refractivity contribution < 1.29 is 13.2 Å². The van der Waals surface area contributed by atoms with Gasteiger partial charge in [-0.05, 0) is 40.3 Å². The van der Waals surface area contributed by atoms with Crippen LogP contribution in [-0.2, 0) is 12.7 Å². The second kappa shape index (κ2) is 6.07. The van der Waals surface area contributed by atoms with Crippen LogP contribution in [0.5, 0.6) is 0 Å². The maximum absolute atomic E-state index is 12.5. The van der Waals surface area contributed by atoms with Gasteiger partial charge in [0.2, 0.25) is 5.95 Å². The SMILES string of the molecule is FC(F)(F)c1ccc(CNc2nnnn2-c2ccccc2)cc1. The molecule has 0 aliphatic rings. The number of nitrogens with one attached hydrogen (secondary N) is 1. The standard InChI is InChI=1S/C15H12F3N5/c16-15(17,18)12-8-6-11(7-9-12)10-19-14-20-21-22-23(14)13-4-2-1-3-5-13/h1-9H,10H2,(H,19,20,22). The first kappa shape index (κ1) is 15.0. The predicted molar refractivity (Wildman–Crippen MR) is 77.9 cm³/mol. The minimum atomic E-state index is -4.33. The van der Waals surface area contributed by atoms with E-state index in [0.717, 1.165) is 17.8 Å². The summed E-state index contributed by atoms with van der Waals surface area (Å²) in [6, 6.07) is 14.2. The molecule has 0 aliphatic heterocycles. The number of nitrogens with zero attached hydrogens (tertiary/aromatic N) is 4. The molecule has 3 aromatic rings. The molecule has 0 unspecified atom stereocenters. The third-order valence-electron chi connectivity index (χ3n) is 3.20. The minimum absolute atomic E-state index is 0.311. The zero-order chi connectivity index (χ0) is 16.3. The summed E-state index contributed by atoms with van der Waals surface area (Å²) in [5, 5.41) is 14.4. The van der Waals surface area contributed by atoms with E-state index in [-0.39, 0.29) is 0 Å². The molecular weight excluding hydrogens is 307 g/mol. The van der Waals surface area contributed by atoms with Crippen molar-refractivity contribution in [3.8, 4) is 5.69 Å². The molecule has 0 fully saturated rings. The fourth-order valence-electron chi connectivity index (χ4n) is 2.03. The van der Waals surface area contributed by atoms with Crippen LogP contribution in [0.25, 0.3) is 5.69 Å². The van der Waals surface area contributed by atoms with Crippen molar-refractivity contribution >= 4 is 5.95 Å². The van der Waals surface area contributed by atoms with E-state index in [0.29, 0.717) is 18.1 Å². The molecule has 0 saturated carbocycles. The third-order valence-corrected chi connectivity index (χ3v) is 3.20. The van der Waals surface area contributed by atoms with E-state index >= 15 is 0 Å². The summed E-state index contributed by atoms with van der Waals surface area (Å²) in [5.41, 5.74) is 0.809. The summed E-state index contributed by atoms with van der Waals surface area (Å²) < 4.78 is 39.1. The number of hydrogen-bond donors (Lipinski definition) is 1. The molecule has 0 saturated heterocycles. The lowest BCUT2D eigenvalue weighted by Crippen LogP contribution is -2.08. The van der Waals surface area contributed by atoms with Gasteiger partial charge < -0.3 is 5.32 Å². The monoisotopic (exact) mass is 319 g/mol.